The molecule has 0 saturated carbocycles. The van der Waals surface area contributed by atoms with E-state index < -0.39 is 0 Å². The maximum Gasteiger partial charge on any atom is 0.262 e. The summed E-state index contributed by atoms with van der Waals surface area (Å²) in [6, 6.07) is 11.0. The molecule has 160 valence electrons. The van der Waals surface area contributed by atoms with Gasteiger partial charge in [-0.3, -0.25) is 9.59 Å². The molecule has 2 heterocycles. The highest BCUT2D eigenvalue weighted by Crippen LogP contribution is 2.37. The third-order valence-electron chi connectivity index (χ3n) is 4.75. The second-order valence-corrected chi connectivity index (χ2v) is 8.10. The van der Waals surface area contributed by atoms with Crippen molar-refractivity contribution in [3.63, 3.8) is 0 Å². The molecule has 30 heavy (non-hydrogen) atoms. The molecule has 0 saturated heterocycles. The fraction of sp³-hybridized carbons (Fsp3) is 0.381. The van der Waals surface area contributed by atoms with E-state index in [1.54, 1.807) is 24.5 Å². The second-order valence-electron chi connectivity index (χ2n) is 6.74. The zero-order valence-electron chi connectivity index (χ0n) is 16.9. The summed E-state index contributed by atoms with van der Waals surface area (Å²) in [5.41, 5.74) is 1.66. The van der Waals surface area contributed by atoms with E-state index in [-0.39, 0.29) is 37.6 Å². The van der Waals surface area contributed by atoms with Gasteiger partial charge in [0, 0.05) is 32.2 Å². The van der Waals surface area contributed by atoms with Crippen LogP contribution in [0.15, 0.2) is 46.9 Å². The Morgan fingerprint density at radius 3 is 2.70 bits per heavy atom. The van der Waals surface area contributed by atoms with Crippen molar-refractivity contribution in [1.29, 1.82) is 0 Å². The summed E-state index contributed by atoms with van der Waals surface area (Å²) < 4.78 is 10.0. The van der Waals surface area contributed by atoms with E-state index >= 15 is 0 Å². The Balaban J connectivity index is 1.86. The van der Waals surface area contributed by atoms with Crippen LogP contribution in [0.4, 0.5) is 0 Å². The molecule has 0 N–H and O–H groups in total. The summed E-state index contributed by atoms with van der Waals surface area (Å²) in [5, 5.41) is 8.63. The van der Waals surface area contributed by atoms with Crippen molar-refractivity contribution in [2.24, 2.45) is 5.10 Å². The number of carbonyl (C=O) groups excluding carboxylic acids is 2. The first-order valence-corrected chi connectivity index (χ1v) is 10.7. The molecule has 7 nitrogen and oxygen atoms in total. The predicted octanol–water partition coefficient (Wildman–Crippen LogP) is 3.20. The zero-order chi connectivity index (χ0) is 21.5. The Kier molecular flexibility index (Phi) is 7.98. The Labute approximate surface area is 184 Å². The van der Waals surface area contributed by atoms with Crippen LogP contribution in [0.2, 0.25) is 5.02 Å². The van der Waals surface area contributed by atoms with Gasteiger partial charge in [0.1, 0.15) is 13.2 Å². The van der Waals surface area contributed by atoms with Crippen LogP contribution in [-0.4, -0.2) is 68.0 Å². The maximum absolute atomic E-state index is 13.2. The Hall–Kier alpha value is -2.26. The lowest BCUT2D eigenvalue weighted by Crippen LogP contribution is -2.44. The molecule has 9 heteroatoms. The molecule has 0 radical (unpaired) electrons. The van der Waals surface area contributed by atoms with Crippen LogP contribution in [-0.2, 0) is 19.1 Å². The number of hydrogen-bond acceptors (Lipinski definition) is 6. The van der Waals surface area contributed by atoms with Crippen LogP contribution in [0.3, 0.4) is 0 Å². The lowest BCUT2D eigenvalue weighted by Gasteiger charge is -2.27. The Morgan fingerprint density at radius 2 is 2.03 bits per heavy atom. The molecule has 1 atom stereocenters. The molecule has 0 unspecified atom stereocenters. The standard InChI is InChI=1S/C21H24ClN3O4S/c1-28-10-9-24(21(27)14-29-2)13-20(26)25-18(15-6-3-4-7-16(15)22)12-17(23-25)19-8-5-11-30-19/h3-8,11,18H,9-10,12-14H2,1-2H3/t18-/m1/s1. The summed E-state index contributed by atoms with van der Waals surface area (Å²) in [4.78, 5) is 28.1. The topological polar surface area (TPSA) is 71.4 Å². The minimum atomic E-state index is -0.329. The highest BCUT2D eigenvalue weighted by atomic mass is 35.5. The zero-order valence-corrected chi connectivity index (χ0v) is 18.5. The van der Waals surface area contributed by atoms with E-state index in [9.17, 15) is 9.59 Å². The number of benzene rings is 1. The second kappa shape index (κ2) is 10.7. The number of methoxy groups -OCH3 is 2. The molecular formula is C21H24ClN3O4S. The number of amides is 2. The number of halogens is 1. The largest absolute Gasteiger partial charge is 0.383 e. The quantitative estimate of drug-likeness (QED) is 0.589. The molecule has 1 aliphatic heterocycles. The van der Waals surface area contributed by atoms with Crippen molar-refractivity contribution in [1.82, 2.24) is 9.91 Å². The summed E-state index contributed by atoms with van der Waals surface area (Å²) in [6.45, 7) is 0.388. The normalized spacial score (nSPS) is 15.9. The van der Waals surface area contributed by atoms with Crippen molar-refractivity contribution in [3.05, 3.63) is 57.2 Å². The number of hydrazone groups is 1. The highest BCUT2D eigenvalue weighted by molar-refractivity contribution is 7.12. The smallest absolute Gasteiger partial charge is 0.262 e. The van der Waals surface area contributed by atoms with Crippen molar-refractivity contribution < 1.29 is 19.1 Å². The maximum atomic E-state index is 13.2. The van der Waals surface area contributed by atoms with E-state index in [1.807, 2.05) is 35.7 Å². The molecule has 0 fully saturated rings. The fourth-order valence-corrected chi connectivity index (χ4v) is 4.25. The molecule has 2 amide bonds. The SMILES string of the molecule is COCCN(CC(=O)N1N=C(c2cccs2)C[C@@H]1c1ccccc1Cl)C(=O)COC. The van der Waals surface area contributed by atoms with E-state index in [0.717, 1.165) is 16.2 Å². The number of hydrogen-bond donors (Lipinski definition) is 0. The minimum absolute atomic E-state index is 0.103. The van der Waals surface area contributed by atoms with Crippen LogP contribution < -0.4 is 0 Å². The summed E-state index contributed by atoms with van der Waals surface area (Å²) in [6.07, 6.45) is 0.556. The molecule has 0 aliphatic carbocycles. The summed E-state index contributed by atoms with van der Waals surface area (Å²) in [7, 11) is 2.99. The first-order chi connectivity index (χ1) is 14.5. The summed E-state index contributed by atoms with van der Waals surface area (Å²) >= 11 is 8.00. The van der Waals surface area contributed by atoms with Gasteiger partial charge in [0.05, 0.1) is 23.2 Å². The molecule has 3 rings (SSSR count). The molecule has 2 aromatic rings. The number of nitrogens with zero attached hydrogens (tertiary/aromatic N) is 3. The van der Waals surface area contributed by atoms with Crippen LogP contribution in [0.25, 0.3) is 0 Å². The average Bonchev–Trinajstić information content (AvgIpc) is 3.41. The molecule has 1 aromatic carbocycles. The highest BCUT2D eigenvalue weighted by Gasteiger charge is 2.35. The molecule has 1 aromatic heterocycles. The number of ether oxygens (including phenoxy) is 2. The predicted molar refractivity (Wildman–Crippen MR) is 117 cm³/mol. The van der Waals surface area contributed by atoms with Gasteiger partial charge >= 0.3 is 0 Å². The van der Waals surface area contributed by atoms with Gasteiger partial charge in [0.25, 0.3) is 5.91 Å². The van der Waals surface area contributed by atoms with Crippen LogP contribution in [0.5, 0.6) is 0 Å². The molecule has 1 aliphatic rings. The number of carbonyl (C=O) groups is 2. The van der Waals surface area contributed by atoms with Crippen molar-refractivity contribution in [2.45, 2.75) is 12.5 Å². The Bertz CT molecular complexity index is 903. The van der Waals surface area contributed by atoms with Crippen LogP contribution in [0, 0.1) is 0 Å². The first kappa shape index (κ1) is 22.4. The van der Waals surface area contributed by atoms with Gasteiger partial charge in [-0.25, -0.2) is 5.01 Å². The minimum Gasteiger partial charge on any atom is -0.383 e. The third-order valence-corrected chi connectivity index (χ3v) is 6.01. The molecule has 0 bridgehead atoms. The van der Waals surface area contributed by atoms with E-state index in [0.29, 0.717) is 18.1 Å². The van der Waals surface area contributed by atoms with Gasteiger partial charge in [-0.2, -0.15) is 5.10 Å². The van der Waals surface area contributed by atoms with E-state index in [4.69, 9.17) is 21.1 Å². The lowest BCUT2D eigenvalue weighted by molar-refractivity contribution is -0.144. The van der Waals surface area contributed by atoms with Gasteiger partial charge in [-0.1, -0.05) is 35.9 Å². The third kappa shape index (κ3) is 5.26. The summed E-state index contributed by atoms with van der Waals surface area (Å²) in [5.74, 6) is -0.564. The van der Waals surface area contributed by atoms with Crippen molar-refractivity contribution in [3.8, 4) is 0 Å². The van der Waals surface area contributed by atoms with Gasteiger partial charge < -0.3 is 14.4 Å². The number of rotatable bonds is 9. The van der Waals surface area contributed by atoms with Crippen molar-refractivity contribution >= 4 is 40.5 Å². The Morgan fingerprint density at radius 1 is 1.23 bits per heavy atom. The van der Waals surface area contributed by atoms with Gasteiger partial charge in [-0.15, -0.1) is 11.3 Å². The molecular weight excluding hydrogens is 426 g/mol. The first-order valence-electron chi connectivity index (χ1n) is 9.48. The van der Waals surface area contributed by atoms with Crippen molar-refractivity contribution in [2.75, 3.05) is 40.5 Å². The van der Waals surface area contributed by atoms with E-state index in [1.165, 1.54) is 17.0 Å². The molecule has 0 spiro atoms. The van der Waals surface area contributed by atoms with E-state index in [2.05, 4.69) is 5.10 Å². The lowest BCUT2D eigenvalue weighted by atomic mass is 10.0. The van der Waals surface area contributed by atoms with Gasteiger partial charge in [0.2, 0.25) is 5.91 Å². The fourth-order valence-electron chi connectivity index (χ4n) is 3.26. The van der Waals surface area contributed by atoms with Crippen LogP contribution in [0.1, 0.15) is 22.9 Å². The van der Waals surface area contributed by atoms with Crippen LogP contribution >= 0.6 is 22.9 Å². The van der Waals surface area contributed by atoms with Gasteiger partial charge in [-0.05, 0) is 23.1 Å². The average molecular weight is 450 g/mol. The van der Waals surface area contributed by atoms with Gasteiger partial charge in [0.15, 0.2) is 0 Å². The number of thiophene rings is 1. The monoisotopic (exact) mass is 449 g/mol.